The Morgan fingerprint density at radius 3 is 2.75 bits per heavy atom. The Hall–Kier alpha value is -2.07. The average molecular weight is 327 g/mol. The van der Waals surface area contributed by atoms with E-state index in [2.05, 4.69) is 19.1 Å². The first-order valence-corrected chi connectivity index (χ1v) is 8.84. The van der Waals surface area contributed by atoms with Gasteiger partial charge >= 0.3 is 0 Å². The van der Waals surface area contributed by atoms with Crippen molar-refractivity contribution in [3.8, 4) is 11.3 Å². The minimum atomic E-state index is -0.0353. The second-order valence-corrected chi connectivity index (χ2v) is 6.37. The maximum Gasteiger partial charge on any atom is 0.289 e. The second-order valence-electron chi connectivity index (χ2n) is 6.37. The molecule has 2 heterocycles. The molecule has 1 aliphatic rings. The van der Waals surface area contributed by atoms with Crippen LogP contribution in [-0.4, -0.2) is 35.1 Å². The predicted octanol–water partition coefficient (Wildman–Crippen LogP) is 3.89. The maximum absolute atomic E-state index is 12.7. The fourth-order valence-electron chi connectivity index (χ4n) is 3.38. The number of aryl methyl sites for hydroxylation is 1. The van der Waals surface area contributed by atoms with Crippen LogP contribution < -0.4 is 0 Å². The molecule has 1 aromatic heterocycles. The van der Waals surface area contributed by atoms with Crippen LogP contribution in [0.2, 0.25) is 0 Å². The molecule has 24 heavy (non-hydrogen) atoms. The molecular weight excluding hydrogens is 302 g/mol. The molecule has 1 saturated heterocycles. The maximum atomic E-state index is 12.7. The molecule has 0 saturated carbocycles. The van der Waals surface area contributed by atoms with Gasteiger partial charge < -0.3 is 14.4 Å². The minimum absolute atomic E-state index is 0.0353. The van der Waals surface area contributed by atoms with E-state index < -0.39 is 0 Å². The van der Waals surface area contributed by atoms with Crippen molar-refractivity contribution in [2.75, 3.05) is 13.2 Å². The summed E-state index contributed by atoms with van der Waals surface area (Å²) in [6, 6.07) is 12.1. The predicted molar refractivity (Wildman–Crippen MR) is 93.9 cm³/mol. The van der Waals surface area contributed by atoms with E-state index in [-0.39, 0.29) is 18.6 Å². The van der Waals surface area contributed by atoms with Gasteiger partial charge in [-0.25, -0.2) is 0 Å². The Morgan fingerprint density at radius 2 is 2.04 bits per heavy atom. The average Bonchev–Trinajstić information content (AvgIpc) is 3.29. The lowest BCUT2D eigenvalue weighted by molar-refractivity contribution is 0.0693. The summed E-state index contributed by atoms with van der Waals surface area (Å²) in [5, 5.41) is 9.01. The van der Waals surface area contributed by atoms with Gasteiger partial charge in [-0.2, -0.15) is 0 Å². The Bertz CT molecular complexity index is 674. The number of hydrogen-bond donors (Lipinski definition) is 1. The van der Waals surface area contributed by atoms with Crippen molar-refractivity contribution in [1.82, 2.24) is 4.90 Å². The molecule has 1 N–H and O–H groups in total. The monoisotopic (exact) mass is 327 g/mol. The standard InChI is InChI=1S/C20H25NO3/c1-2-15-7-9-16(10-8-15)18-11-12-19(24-18)20(23)21-13-3-5-17(21)6-4-14-22/h7-12,17,22H,2-6,13-14H2,1H3. The molecule has 1 aliphatic heterocycles. The van der Waals surface area contributed by atoms with Crippen LogP contribution in [-0.2, 0) is 6.42 Å². The molecule has 1 fully saturated rings. The zero-order chi connectivity index (χ0) is 16.9. The van der Waals surface area contributed by atoms with Crippen molar-refractivity contribution >= 4 is 5.91 Å². The summed E-state index contributed by atoms with van der Waals surface area (Å²) >= 11 is 0. The van der Waals surface area contributed by atoms with E-state index in [0.717, 1.165) is 50.0 Å². The summed E-state index contributed by atoms with van der Waals surface area (Å²) in [5.74, 6) is 1.10. The third-order valence-corrected chi connectivity index (χ3v) is 4.80. The lowest BCUT2D eigenvalue weighted by atomic mass is 10.1. The van der Waals surface area contributed by atoms with Crippen LogP contribution in [0.3, 0.4) is 0 Å². The summed E-state index contributed by atoms with van der Waals surface area (Å²) in [4.78, 5) is 14.6. The van der Waals surface area contributed by atoms with E-state index in [1.165, 1.54) is 5.56 Å². The smallest absolute Gasteiger partial charge is 0.289 e. The lowest BCUT2D eigenvalue weighted by Gasteiger charge is -2.23. The molecule has 1 atom stereocenters. The van der Waals surface area contributed by atoms with Crippen molar-refractivity contribution in [2.24, 2.45) is 0 Å². The number of benzene rings is 1. The van der Waals surface area contributed by atoms with Crippen LogP contribution in [0.4, 0.5) is 0 Å². The largest absolute Gasteiger partial charge is 0.451 e. The van der Waals surface area contributed by atoms with Crippen molar-refractivity contribution in [3.05, 3.63) is 47.7 Å². The van der Waals surface area contributed by atoms with Crippen molar-refractivity contribution in [1.29, 1.82) is 0 Å². The van der Waals surface area contributed by atoms with E-state index in [0.29, 0.717) is 5.76 Å². The number of furan rings is 1. The molecule has 2 aromatic rings. The molecule has 0 aliphatic carbocycles. The molecule has 3 rings (SSSR count). The minimum Gasteiger partial charge on any atom is -0.451 e. The first-order valence-electron chi connectivity index (χ1n) is 8.84. The Morgan fingerprint density at radius 1 is 1.25 bits per heavy atom. The number of aliphatic hydroxyl groups excluding tert-OH is 1. The summed E-state index contributed by atoms with van der Waals surface area (Å²) in [5.41, 5.74) is 2.27. The van der Waals surface area contributed by atoms with Crippen LogP contribution in [0.25, 0.3) is 11.3 Å². The van der Waals surface area contributed by atoms with Gasteiger partial charge in [0.15, 0.2) is 5.76 Å². The summed E-state index contributed by atoms with van der Waals surface area (Å²) in [6.07, 6.45) is 4.63. The number of carbonyl (C=O) groups excluding carboxylic acids is 1. The summed E-state index contributed by atoms with van der Waals surface area (Å²) in [7, 11) is 0. The molecule has 0 spiro atoms. The highest BCUT2D eigenvalue weighted by Crippen LogP contribution is 2.27. The van der Waals surface area contributed by atoms with Gasteiger partial charge in [-0.05, 0) is 49.8 Å². The van der Waals surface area contributed by atoms with Gasteiger partial charge in [-0.3, -0.25) is 4.79 Å². The number of hydrogen-bond acceptors (Lipinski definition) is 3. The van der Waals surface area contributed by atoms with E-state index in [1.807, 2.05) is 23.1 Å². The van der Waals surface area contributed by atoms with Crippen LogP contribution in [0.1, 0.15) is 48.7 Å². The molecule has 4 heteroatoms. The van der Waals surface area contributed by atoms with Gasteiger partial charge in [-0.1, -0.05) is 31.2 Å². The molecule has 0 bridgehead atoms. The van der Waals surface area contributed by atoms with E-state index in [1.54, 1.807) is 6.07 Å². The van der Waals surface area contributed by atoms with Gasteiger partial charge in [-0.15, -0.1) is 0 Å². The van der Waals surface area contributed by atoms with Gasteiger partial charge in [0.05, 0.1) is 0 Å². The molecule has 0 radical (unpaired) electrons. The zero-order valence-electron chi connectivity index (χ0n) is 14.2. The fraction of sp³-hybridized carbons (Fsp3) is 0.450. The topological polar surface area (TPSA) is 53.7 Å². The fourth-order valence-corrected chi connectivity index (χ4v) is 3.38. The quantitative estimate of drug-likeness (QED) is 0.876. The first-order chi connectivity index (χ1) is 11.7. The molecule has 128 valence electrons. The van der Waals surface area contributed by atoms with Crippen LogP contribution in [0, 0.1) is 0 Å². The number of nitrogens with zero attached hydrogens (tertiary/aromatic N) is 1. The highest BCUT2D eigenvalue weighted by atomic mass is 16.4. The number of amides is 1. The normalized spacial score (nSPS) is 17.4. The SMILES string of the molecule is CCc1ccc(-c2ccc(C(=O)N3CCCC3CCCO)o2)cc1. The van der Waals surface area contributed by atoms with Crippen molar-refractivity contribution in [2.45, 2.75) is 45.1 Å². The van der Waals surface area contributed by atoms with Gasteiger partial charge in [0, 0.05) is 24.8 Å². The molecule has 1 amide bonds. The highest BCUT2D eigenvalue weighted by Gasteiger charge is 2.30. The first kappa shape index (κ1) is 16.8. The third kappa shape index (κ3) is 3.54. The Labute approximate surface area is 143 Å². The van der Waals surface area contributed by atoms with Crippen LogP contribution >= 0.6 is 0 Å². The van der Waals surface area contributed by atoms with E-state index in [9.17, 15) is 4.79 Å². The zero-order valence-corrected chi connectivity index (χ0v) is 14.2. The Balaban J connectivity index is 1.73. The van der Waals surface area contributed by atoms with Crippen molar-refractivity contribution < 1.29 is 14.3 Å². The summed E-state index contributed by atoms with van der Waals surface area (Å²) < 4.78 is 5.83. The van der Waals surface area contributed by atoms with Gasteiger partial charge in [0.25, 0.3) is 5.91 Å². The molecular formula is C20H25NO3. The second kappa shape index (κ2) is 7.67. The number of rotatable bonds is 6. The lowest BCUT2D eigenvalue weighted by Crippen LogP contribution is -2.35. The van der Waals surface area contributed by atoms with Gasteiger partial charge in [0.1, 0.15) is 5.76 Å². The Kier molecular flexibility index (Phi) is 5.36. The highest BCUT2D eigenvalue weighted by molar-refractivity contribution is 5.92. The van der Waals surface area contributed by atoms with Gasteiger partial charge in [0.2, 0.25) is 0 Å². The molecule has 4 nitrogen and oxygen atoms in total. The number of aliphatic hydroxyl groups is 1. The molecule has 1 unspecified atom stereocenters. The van der Waals surface area contributed by atoms with E-state index in [4.69, 9.17) is 9.52 Å². The van der Waals surface area contributed by atoms with E-state index >= 15 is 0 Å². The van der Waals surface area contributed by atoms with Crippen LogP contribution in [0.5, 0.6) is 0 Å². The number of carbonyl (C=O) groups is 1. The summed E-state index contributed by atoms with van der Waals surface area (Å²) in [6.45, 7) is 3.08. The van der Waals surface area contributed by atoms with Crippen LogP contribution in [0.15, 0.2) is 40.8 Å². The van der Waals surface area contributed by atoms with Crippen molar-refractivity contribution in [3.63, 3.8) is 0 Å². The molecule has 1 aromatic carbocycles. The third-order valence-electron chi connectivity index (χ3n) is 4.80. The number of likely N-dealkylation sites (tertiary alicyclic amines) is 1.